The van der Waals surface area contributed by atoms with Crippen molar-refractivity contribution in [2.45, 2.75) is 19.3 Å². The molecule has 2 aromatic rings. The number of hydrogen-bond acceptors (Lipinski definition) is 2. The second-order valence-electron chi connectivity index (χ2n) is 5.34. The normalized spacial score (nSPS) is 11.3. The van der Waals surface area contributed by atoms with Crippen LogP contribution in [0.5, 0.6) is 0 Å². The standard InChI is InChI=1S/C16H19FN2/c1-16(2,12-6-4-3-5-7-12)11-19-13-8-9-15(18)14(17)10-13/h3-10,19H,11,18H2,1-2H3. The maximum atomic E-state index is 13.4. The van der Waals surface area contributed by atoms with Crippen LogP contribution in [0.25, 0.3) is 0 Å². The third-order valence-corrected chi connectivity index (χ3v) is 3.29. The Bertz CT molecular complexity index is 550. The second kappa shape index (κ2) is 5.31. The van der Waals surface area contributed by atoms with Gasteiger partial charge in [-0.15, -0.1) is 0 Å². The van der Waals surface area contributed by atoms with Gasteiger partial charge in [-0.25, -0.2) is 4.39 Å². The Morgan fingerprint density at radius 1 is 1.11 bits per heavy atom. The van der Waals surface area contributed by atoms with E-state index in [0.717, 1.165) is 12.2 Å². The van der Waals surface area contributed by atoms with Crippen LogP contribution in [0, 0.1) is 5.82 Å². The molecule has 0 aliphatic heterocycles. The fourth-order valence-electron chi connectivity index (χ4n) is 1.95. The van der Waals surface area contributed by atoms with Gasteiger partial charge in [-0.3, -0.25) is 0 Å². The minimum absolute atomic E-state index is 0.0286. The first-order valence-electron chi connectivity index (χ1n) is 6.33. The van der Waals surface area contributed by atoms with Gasteiger partial charge in [0.1, 0.15) is 5.82 Å². The maximum Gasteiger partial charge on any atom is 0.148 e. The van der Waals surface area contributed by atoms with E-state index in [1.807, 2.05) is 18.2 Å². The Hall–Kier alpha value is -2.03. The molecule has 0 saturated carbocycles. The average Bonchev–Trinajstić information content (AvgIpc) is 2.41. The number of benzene rings is 2. The SMILES string of the molecule is CC(C)(CNc1ccc(N)c(F)c1)c1ccccc1. The molecule has 3 N–H and O–H groups in total. The molecule has 0 unspecified atom stereocenters. The molecule has 0 aliphatic rings. The number of nitrogens with one attached hydrogen (secondary N) is 1. The van der Waals surface area contributed by atoms with E-state index in [1.165, 1.54) is 11.6 Å². The summed E-state index contributed by atoms with van der Waals surface area (Å²) in [6.45, 7) is 5.03. The number of hydrogen-bond donors (Lipinski definition) is 2. The maximum absolute atomic E-state index is 13.4. The quantitative estimate of drug-likeness (QED) is 0.819. The van der Waals surface area contributed by atoms with Crippen LogP contribution in [0.15, 0.2) is 48.5 Å². The molecule has 100 valence electrons. The van der Waals surface area contributed by atoms with Gasteiger partial charge in [0.15, 0.2) is 0 Å². The molecule has 19 heavy (non-hydrogen) atoms. The van der Waals surface area contributed by atoms with Crippen molar-refractivity contribution in [1.29, 1.82) is 0 Å². The Labute approximate surface area is 113 Å². The van der Waals surface area contributed by atoms with Crippen LogP contribution in [0.2, 0.25) is 0 Å². The zero-order valence-corrected chi connectivity index (χ0v) is 11.3. The number of anilines is 2. The van der Waals surface area contributed by atoms with Crippen molar-refractivity contribution in [3.63, 3.8) is 0 Å². The lowest BCUT2D eigenvalue weighted by atomic mass is 9.84. The van der Waals surface area contributed by atoms with Crippen LogP contribution in [0.4, 0.5) is 15.8 Å². The molecular formula is C16H19FN2. The van der Waals surface area contributed by atoms with Crippen molar-refractivity contribution in [1.82, 2.24) is 0 Å². The number of rotatable bonds is 4. The lowest BCUT2D eigenvalue weighted by Gasteiger charge is -2.26. The smallest absolute Gasteiger partial charge is 0.148 e. The van der Waals surface area contributed by atoms with Gasteiger partial charge in [0.25, 0.3) is 0 Å². The number of nitrogens with two attached hydrogens (primary N) is 1. The summed E-state index contributed by atoms with van der Waals surface area (Å²) in [6, 6.07) is 15.1. The fourth-order valence-corrected chi connectivity index (χ4v) is 1.95. The largest absolute Gasteiger partial charge is 0.396 e. The Kier molecular flexibility index (Phi) is 3.74. The summed E-state index contributed by atoms with van der Waals surface area (Å²) < 4.78 is 13.4. The van der Waals surface area contributed by atoms with Crippen molar-refractivity contribution in [2.24, 2.45) is 0 Å². The minimum Gasteiger partial charge on any atom is -0.396 e. The minimum atomic E-state index is -0.387. The van der Waals surface area contributed by atoms with E-state index < -0.39 is 0 Å². The van der Waals surface area contributed by atoms with Crippen molar-refractivity contribution < 1.29 is 4.39 Å². The molecule has 0 saturated heterocycles. The van der Waals surface area contributed by atoms with E-state index in [4.69, 9.17) is 5.73 Å². The Morgan fingerprint density at radius 2 is 1.79 bits per heavy atom. The highest BCUT2D eigenvalue weighted by molar-refractivity contribution is 5.52. The van der Waals surface area contributed by atoms with Crippen molar-refractivity contribution >= 4 is 11.4 Å². The third kappa shape index (κ3) is 3.25. The molecule has 2 nitrogen and oxygen atoms in total. The van der Waals surface area contributed by atoms with Gasteiger partial charge in [-0.05, 0) is 23.8 Å². The topological polar surface area (TPSA) is 38.0 Å². The highest BCUT2D eigenvalue weighted by Gasteiger charge is 2.19. The molecule has 0 aliphatic carbocycles. The molecule has 0 heterocycles. The van der Waals surface area contributed by atoms with Gasteiger partial charge in [0.05, 0.1) is 5.69 Å². The molecule has 0 bridgehead atoms. The van der Waals surface area contributed by atoms with E-state index in [-0.39, 0.29) is 16.9 Å². The molecule has 0 atom stereocenters. The van der Waals surface area contributed by atoms with Gasteiger partial charge in [0, 0.05) is 17.6 Å². The fraction of sp³-hybridized carbons (Fsp3) is 0.250. The van der Waals surface area contributed by atoms with Crippen LogP contribution in [-0.4, -0.2) is 6.54 Å². The number of halogens is 1. The average molecular weight is 258 g/mol. The van der Waals surface area contributed by atoms with E-state index in [9.17, 15) is 4.39 Å². The molecule has 0 fully saturated rings. The molecular weight excluding hydrogens is 239 g/mol. The summed E-state index contributed by atoms with van der Waals surface area (Å²) in [4.78, 5) is 0. The summed E-state index contributed by atoms with van der Waals surface area (Å²) in [7, 11) is 0. The third-order valence-electron chi connectivity index (χ3n) is 3.29. The van der Waals surface area contributed by atoms with Crippen molar-refractivity contribution in [3.05, 3.63) is 59.9 Å². The Morgan fingerprint density at radius 3 is 2.42 bits per heavy atom. The van der Waals surface area contributed by atoms with E-state index in [2.05, 4.69) is 31.3 Å². The lowest BCUT2D eigenvalue weighted by Crippen LogP contribution is -2.27. The van der Waals surface area contributed by atoms with Crippen molar-refractivity contribution in [2.75, 3.05) is 17.6 Å². The number of nitrogen functional groups attached to an aromatic ring is 1. The summed E-state index contributed by atoms with van der Waals surface area (Å²) in [5, 5.41) is 3.26. The molecule has 0 amide bonds. The van der Waals surface area contributed by atoms with Gasteiger partial charge < -0.3 is 11.1 Å². The molecule has 0 spiro atoms. The molecule has 3 heteroatoms. The Balaban J connectivity index is 2.07. The van der Waals surface area contributed by atoms with Gasteiger partial charge >= 0.3 is 0 Å². The highest BCUT2D eigenvalue weighted by Crippen LogP contribution is 2.24. The monoisotopic (exact) mass is 258 g/mol. The van der Waals surface area contributed by atoms with Crippen LogP contribution in [-0.2, 0) is 5.41 Å². The van der Waals surface area contributed by atoms with Crippen LogP contribution in [0.3, 0.4) is 0 Å². The zero-order chi connectivity index (χ0) is 13.9. The summed E-state index contributed by atoms with van der Waals surface area (Å²) in [5.41, 5.74) is 7.60. The van der Waals surface area contributed by atoms with Crippen LogP contribution < -0.4 is 11.1 Å². The summed E-state index contributed by atoms with van der Waals surface area (Å²) >= 11 is 0. The first kappa shape index (κ1) is 13.4. The first-order valence-corrected chi connectivity index (χ1v) is 6.33. The first-order chi connectivity index (χ1) is 8.99. The van der Waals surface area contributed by atoms with Gasteiger partial charge in [0.2, 0.25) is 0 Å². The predicted octanol–water partition coefficient (Wildman–Crippen LogP) is 3.80. The van der Waals surface area contributed by atoms with Gasteiger partial charge in [-0.2, -0.15) is 0 Å². The van der Waals surface area contributed by atoms with E-state index >= 15 is 0 Å². The van der Waals surface area contributed by atoms with Gasteiger partial charge in [-0.1, -0.05) is 44.2 Å². The summed E-state index contributed by atoms with van der Waals surface area (Å²) in [6.07, 6.45) is 0. The summed E-state index contributed by atoms with van der Waals surface area (Å²) in [5.74, 6) is -0.387. The molecule has 0 radical (unpaired) electrons. The highest BCUT2D eigenvalue weighted by atomic mass is 19.1. The molecule has 0 aromatic heterocycles. The zero-order valence-electron chi connectivity index (χ0n) is 11.3. The van der Waals surface area contributed by atoms with Crippen LogP contribution in [0.1, 0.15) is 19.4 Å². The van der Waals surface area contributed by atoms with E-state index in [1.54, 1.807) is 12.1 Å². The predicted molar refractivity (Wildman–Crippen MR) is 78.8 cm³/mol. The molecule has 2 aromatic carbocycles. The molecule has 2 rings (SSSR count). The van der Waals surface area contributed by atoms with Crippen molar-refractivity contribution in [3.8, 4) is 0 Å². The second-order valence-corrected chi connectivity index (χ2v) is 5.34. The van der Waals surface area contributed by atoms with Crippen LogP contribution >= 0.6 is 0 Å². The van der Waals surface area contributed by atoms with E-state index in [0.29, 0.717) is 0 Å². The lowest BCUT2D eigenvalue weighted by molar-refractivity contribution is 0.556.